The van der Waals surface area contributed by atoms with E-state index in [0.717, 1.165) is 18.7 Å². The SMILES string of the molecule is CC(C)C(C)NC(=O)CSc1nnc(C2CC2)n1CC(N)=O. The fraction of sp³-hybridized carbons (Fsp3) is 0.714. The number of hydrogen-bond donors (Lipinski definition) is 2. The lowest BCUT2D eigenvalue weighted by molar-refractivity contribution is -0.119. The second kappa shape index (κ2) is 7.13. The molecule has 0 radical (unpaired) electrons. The smallest absolute Gasteiger partial charge is 0.237 e. The Kier molecular flexibility index (Phi) is 5.44. The van der Waals surface area contributed by atoms with Gasteiger partial charge in [-0.2, -0.15) is 0 Å². The van der Waals surface area contributed by atoms with Gasteiger partial charge in [0.1, 0.15) is 12.4 Å². The largest absolute Gasteiger partial charge is 0.368 e. The number of rotatable bonds is 8. The monoisotopic (exact) mass is 325 g/mol. The van der Waals surface area contributed by atoms with Crippen LogP contribution in [0.4, 0.5) is 0 Å². The molecular weight excluding hydrogens is 302 g/mol. The molecule has 1 aliphatic rings. The van der Waals surface area contributed by atoms with Crippen LogP contribution in [-0.4, -0.2) is 38.4 Å². The third-order valence-corrected chi connectivity index (χ3v) is 4.69. The number of nitrogens with zero attached hydrogens (tertiary/aromatic N) is 3. The lowest BCUT2D eigenvalue weighted by Crippen LogP contribution is -2.37. The molecule has 8 heteroatoms. The topological polar surface area (TPSA) is 103 Å². The van der Waals surface area contributed by atoms with Crippen molar-refractivity contribution in [2.24, 2.45) is 11.7 Å². The maximum absolute atomic E-state index is 11.9. The maximum Gasteiger partial charge on any atom is 0.237 e. The van der Waals surface area contributed by atoms with Crippen molar-refractivity contribution in [3.05, 3.63) is 5.82 Å². The minimum atomic E-state index is -0.429. The van der Waals surface area contributed by atoms with Crippen molar-refractivity contribution in [3.63, 3.8) is 0 Å². The van der Waals surface area contributed by atoms with E-state index in [9.17, 15) is 9.59 Å². The highest BCUT2D eigenvalue weighted by Gasteiger charge is 2.31. The molecule has 1 fully saturated rings. The molecular formula is C14H23N5O2S. The van der Waals surface area contributed by atoms with Crippen molar-refractivity contribution in [3.8, 4) is 0 Å². The molecule has 0 aliphatic heterocycles. The summed E-state index contributed by atoms with van der Waals surface area (Å²) in [5.41, 5.74) is 5.29. The van der Waals surface area contributed by atoms with Gasteiger partial charge in [-0.1, -0.05) is 25.6 Å². The number of hydrogen-bond acceptors (Lipinski definition) is 5. The first-order valence-corrected chi connectivity index (χ1v) is 8.50. The summed E-state index contributed by atoms with van der Waals surface area (Å²) < 4.78 is 1.74. The number of nitrogens with one attached hydrogen (secondary N) is 1. The Morgan fingerprint density at radius 3 is 2.59 bits per heavy atom. The van der Waals surface area contributed by atoms with E-state index in [-0.39, 0.29) is 24.2 Å². The van der Waals surface area contributed by atoms with Gasteiger partial charge < -0.3 is 11.1 Å². The van der Waals surface area contributed by atoms with Crippen molar-refractivity contribution in [1.82, 2.24) is 20.1 Å². The van der Waals surface area contributed by atoms with Gasteiger partial charge in [0.05, 0.1) is 5.75 Å². The first-order valence-electron chi connectivity index (χ1n) is 7.52. The Hall–Kier alpha value is -1.57. The van der Waals surface area contributed by atoms with Crippen LogP contribution in [-0.2, 0) is 16.1 Å². The van der Waals surface area contributed by atoms with Gasteiger partial charge in [0.25, 0.3) is 0 Å². The van der Waals surface area contributed by atoms with Gasteiger partial charge in [-0.05, 0) is 25.7 Å². The fourth-order valence-electron chi connectivity index (χ4n) is 1.95. The summed E-state index contributed by atoms with van der Waals surface area (Å²) in [6.07, 6.45) is 2.13. The van der Waals surface area contributed by atoms with E-state index < -0.39 is 5.91 Å². The first-order chi connectivity index (χ1) is 10.4. The normalized spacial score (nSPS) is 15.8. The number of carbonyl (C=O) groups excluding carboxylic acids is 2. The molecule has 0 bridgehead atoms. The van der Waals surface area contributed by atoms with Gasteiger partial charge in [0, 0.05) is 12.0 Å². The molecule has 1 aromatic heterocycles. The van der Waals surface area contributed by atoms with Gasteiger partial charge in [-0.3, -0.25) is 14.2 Å². The zero-order valence-electron chi connectivity index (χ0n) is 13.2. The Balaban J connectivity index is 1.97. The van der Waals surface area contributed by atoms with Crippen molar-refractivity contribution in [2.45, 2.75) is 57.3 Å². The van der Waals surface area contributed by atoms with E-state index >= 15 is 0 Å². The Bertz CT molecular complexity index is 553. The molecule has 3 N–H and O–H groups in total. The third kappa shape index (κ3) is 4.46. The Morgan fingerprint density at radius 1 is 1.36 bits per heavy atom. The Morgan fingerprint density at radius 2 is 2.05 bits per heavy atom. The maximum atomic E-state index is 11.9. The molecule has 2 rings (SSSR count). The molecule has 2 amide bonds. The fourth-order valence-corrected chi connectivity index (χ4v) is 2.70. The van der Waals surface area contributed by atoms with Gasteiger partial charge in [-0.15, -0.1) is 10.2 Å². The zero-order valence-corrected chi connectivity index (χ0v) is 14.0. The van der Waals surface area contributed by atoms with E-state index in [1.165, 1.54) is 11.8 Å². The summed E-state index contributed by atoms with van der Waals surface area (Å²) in [7, 11) is 0. The van der Waals surface area contributed by atoms with E-state index in [1.807, 2.05) is 6.92 Å². The van der Waals surface area contributed by atoms with Gasteiger partial charge in [0.15, 0.2) is 5.16 Å². The summed E-state index contributed by atoms with van der Waals surface area (Å²) in [6, 6.07) is 0.124. The van der Waals surface area contributed by atoms with Crippen LogP contribution in [0.1, 0.15) is 45.4 Å². The molecule has 1 aliphatic carbocycles. The van der Waals surface area contributed by atoms with Crippen LogP contribution < -0.4 is 11.1 Å². The summed E-state index contributed by atoms with van der Waals surface area (Å²) >= 11 is 1.29. The van der Waals surface area contributed by atoms with Crippen LogP contribution in [0.25, 0.3) is 0 Å². The average molecular weight is 325 g/mol. The number of carbonyl (C=O) groups is 2. The minimum absolute atomic E-state index is 0.0483. The van der Waals surface area contributed by atoms with Crippen molar-refractivity contribution >= 4 is 23.6 Å². The second-order valence-electron chi connectivity index (χ2n) is 6.06. The lowest BCUT2D eigenvalue weighted by atomic mass is 10.1. The van der Waals surface area contributed by atoms with Crippen molar-refractivity contribution < 1.29 is 9.59 Å². The molecule has 22 heavy (non-hydrogen) atoms. The zero-order chi connectivity index (χ0) is 16.3. The van der Waals surface area contributed by atoms with Gasteiger partial charge in [0.2, 0.25) is 11.8 Å². The summed E-state index contributed by atoms with van der Waals surface area (Å²) in [5, 5.41) is 11.8. The number of nitrogens with two attached hydrogens (primary N) is 1. The van der Waals surface area contributed by atoms with Crippen LogP contribution in [0.2, 0.25) is 0 Å². The molecule has 122 valence electrons. The van der Waals surface area contributed by atoms with Crippen LogP contribution >= 0.6 is 11.8 Å². The third-order valence-electron chi connectivity index (χ3n) is 3.72. The number of primary amides is 1. The molecule has 1 atom stereocenters. The minimum Gasteiger partial charge on any atom is -0.368 e. The van der Waals surface area contributed by atoms with Crippen LogP contribution in [0, 0.1) is 5.92 Å². The van der Waals surface area contributed by atoms with Crippen LogP contribution in [0.3, 0.4) is 0 Å². The molecule has 0 spiro atoms. The van der Waals surface area contributed by atoms with Crippen LogP contribution in [0.5, 0.6) is 0 Å². The summed E-state index contributed by atoms with van der Waals surface area (Å²) in [4.78, 5) is 23.2. The summed E-state index contributed by atoms with van der Waals surface area (Å²) in [5.74, 6) is 1.33. The Labute approximate surface area is 134 Å². The quantitative estimate of drug-likeness (QED) is 0.691. The predicted octanol–water partition coefficient (Wildman–Crippen LogP) is 0.894. The molecule has 7 nitrogen and oxygen atoms in total. The highest BCUT2D eigenvalue weighted by molar-refractivity contribution is 7.99. The molecule has 1 saturated carbocycles. The van der Waals surface area contributed by atoms with Gasteiger partial charge in [-0.25, -0.2) is 0 Å². The number of amides is 2. The molecule has 0 aromatic carbocycles. The molecule has 1 unspecified atom stereocenters. The highest BCUT2D eigenvalue weighted by atomic mass is 32.2. The van der Waals surface area contributed by atoms with Crippen LogP contribution in [0.15, 0.2) is 5.16 Å². The summed E-state index contributed by atoms with van der Waals surface area (Å²) in [6.45, 7) is 6.16. The number of aromatic nitrogens is 3. The van der Waals surface area contributed by atoms with E-state index in [4.69, 9.17) is 5.73 Å². The highest BCUT2D eigenvalue weighted by Crippen LogP contribution is 2.39. The average Bonchev–Trinajstić information content (AvgIpc) is 3.19. The predicted molar refractivity (Wildman–Crippen MR) is 84.4 cm³/mol. The van der Waals surface area contributed by atoms with Crippen molar-refractivity contribution in [1.29, 1.82) is 0 Å². The van der Waals surface area contributed by atoms with E-state index in [2.05, 4.69) is 29.4 Å². The van der Waals surface area contributed by atoms with E-state index in [0.29, 0.717) is 17.0 Å². The van der Waals surface area contributed by atoms with Gasteiger partial charge >= 0.3 is 0 Å². The second-order valence-corrected chi connectivity index (χ2v) is 7.00. The number of thioether (sulfide) groups is 1. The first kappa shape index (κ1) is 16.8. The standard InChI is InChI=1S/C14H23N5O2S/c1-8(2)9(3)16-12(21)7-22-14-18-17-13(10-4-5-10)19(14)6-11(15)20/h8-10H,4-7H2,1-3H3,(H2,15,20)(H,16,21). The lowest BCUT2D eigenvalue weighted by Gasteiger charge is -2.17. The molecule has 0 saturated heterocycles. The van der Waals surface area contributed by atoms with Crippen molar-refractivity contribution in [2.75, 3.05) is 5.75 Å². The molecule has 1 aromatic rings. The van der Waals surface area contributed by atoms with E-state index in [1.54, 1.807) is 4.57 Å². The molecule has 1 heterocycles.